The Balaban J connectivity index is 1.75. The van der Waals surface area contributed by atoms with Gasteiger partial charge in [0.25, 0.3) is 11.8 Å². The first-order valence-corrected chi connectivity index (χ1v) is 7.32. The smallest absolute Gasteiger partial charge is 0.276 e. The highest BCUT2D eigenvalue weighted by Gasteiger charge is 2.06. The van der Waals surface area contributed by atoms with Gasteiger partial charge in [0.2, 0.25) is 0 Å². The van der Waals surface area contributed by atoms with Crippen molar-refractivity contribution in [3.8, 4) is 5.75 Å². The lowest BCUT2D eigenvalue weighted by Gasteiger charge is -2.08. The highest BCUT2D eigenvalue weighted by Crippen LogP contribution is 2.14. The summed E-state index contributed by atoms with van der Waals surface area (Å²) < 4.78 is 18.3. The number of para-hydroxylation sites is 1. The molecule has 0 atom stereocenters. The van der Waals surface area contributed by atoms with Crippen molar-refractivity contribution < 1.29 is 18.7 Å². The summed E-state index contributed by atoms with van der Waals surface area (Å²) in [7, 11) is 0. The summed E-state index contributed by atoms with van der Waals surface area (Å²) in [5, 5.41) is 0.552. The molecule has 2 rings (SSSR count). The number of carbonyl (C=O) groups is 2. The molecule has 0 fully saturated rings. The van der Waals surface area contributed by atoms with Crippen LogP contribution in [-0.4, -0.2) is 18.4 Å². The summed E-state index contributed by atoms with van der Waals surface area (Å²) in [6.45, 7) is -0.431. The largest absolute Gasteiger partial charge is 0.481 e. The van der Waals surface area contributed by atoms with Gasteiger partial charge in [-0.25, -0.2) is 4.39 Å². The lowest BCUT2D eigenvalue weighted by molar-refractivity contribution is -0.128. The minimum absolute atomic E-state index is 0.0418. The Kier molecular flexibility index (Phi) is 6.33. The van der Waals surface area contributed by atoms with Gasteiger partial charge in [0.1, 0.15) is 0 Å². The number of ether oxygens (including phenoxy) is 1. The van der Waals surface area contributed by atoms with E-state index in [0.29, 0.717) is 5.02 Å². The normalized spacial score (nSPS) is 10.4. The number of benzene rings is 2. The number of hydrazine groups is 1. The minimum Gasteiger partial charge on any atom is -0.481 e. The zero-order chi connectivity index (χ0) is 17.4. The van der Waals surface area contributed by atoms with E-state index in [1.165, 1.54) is 24.3 Å². The first-order chi connectivity index (χ1) is 11.5. The Labute approximate surface area is 143 Å². The zero-order valence-electron chi connectivity index (χ0n) is 12.5. The van der Waals surface area contributed by atoms with Crippen molar-refractivity contribution in [2.24, 2.45) is 0 Å². The molecule has 0 aliphatic carbocycles. The third-order valence-corrected chi connectivity index (χ3v) is 3.03. The number of nitrogens with one attached hydrogen (secondary N) is 2. The van der Waals surface area contributed by atoms with Crippen molar-refractivity contribution in [2.75, 3.05) is 6.61 Å². The Morgan fingerprint density at radius 1 is 1.12 bits per heavy atom. The maximum Gasteiger partial charge on any atom is 0.276 e. The Hall–Kier alpha value is -2.86. The van der Waals surface area contributed by atoms with E-state index in [9.17, 15) is 14.0 Å². The summed E-state index contributed by atoms with van der Waals surface area (Å²) in [5.41, 5.74) is 5.09. The predicted octanol–water partition coefficient (Wildman–Crippen LogP) is 2.72. The Bertz CT molecular complexity index is 765. The van der Waals surface area contributed by atoms with Gasteiger partial charge in [-0.2, -0.15) is 0 Å². The maximum atomic E-state index is 13.3. The third kappa shape index (κ3) is 5.73. The molecule has 0 saturated carbocycles. The zero-order valence-corrected chi connectivity index (χ0v) is 13.2. The molecule has 0 bridgehead atoms. The second-order valence-corrected chi connectivity index (χ2v) is 5.08. The predicted molar refractivity (Wildman–Crippen MR) is 88.7 cm³/mol. The van der Waals surface area contributed by atoms with E-state index in [-0.39, 0.29) is 5.75 Å². The van der Waals surface area contributed by atoms with E-state index < -0.39 is 24.2 Å². The van der Waals surface area contributed by atoms with Crippen molar-refractivity contribution >= 4 is 29.5 Å². The van der Waals surface area contributed by atoms with Crippen LogP contribution in [0.2, 0.25) is 5.02 Å². The first-order valence-electron chi connectivity index (χ1n) is 6.94. The molecule has 0 unspecified atom stereocenters. The number of carbonyl (C=O) groups excluding carboxylic acids is 2. The van der Waals surface area contributed by atoms with E-state index in [4.69, 9.17) is 16.3 Å². The summed E-state index contributed by atoms with van der Waals surface area (Å²) in [6.07, 6.45) is 2.78. The average molecular weight is 349 g/mol. The molecule has 24 heavy (non-hydrogen) atoms. The number of rotatable bonds is 5. The van der Waals surface area contributed by atoms with E-state index in [1.54, 1.807) is 36.4 Å². The molecule has 0 spiro atoms. The van der Waals surface area contributed by atoms with Crippen LogP contribution in [0.25, 0.3) is 6.08 Å². The Morgan fingerprint density at radius 2 is 1.92 bits per heavy atom. The molecule has 0 aliphatic heterocycles. The summed E-state index contributed by atoms with van der Waals surface area (Å²) in [4.78, 5) is 23.1. The topological polar surface area (TPSA) is 67.4 Å². The van der Waals surface area contributed by atoms with Crippen LogP contribution in [-0.2, 0) is 9.59 Å². The lowest BCUT2D eigenvalue weighted by atomic mass is 10.2. The van der Waals surface area contributed by atoms with Crippen LogP contribution in [0, 0.1) is 5.82 Å². The van der Waals surface area contributed by atoms with Crippen LogP contribution in [0.15, 0.2) is 54.6 Å². The van der Waals surface area contributed by atoms with Gasteiger partial charge in [0.05, 0.1) is 0 Å². The second-order valence-electron chi connectivity index (χ2n) is 4.64. The van der Waals surface area contributed by atoms with E-state index in [2.05, 4.69) is 10.9 Å². The molecular formula is C17H14ClFN2O3. The molecule has 0 aliphatic rings. The number of amides is 2. The summed E-state index contributed by atoms with van der Waals surface area (Å²) >= 11 is 5.83. The first kappa shape index (κ1) is 17.5. The van der Waals surface area contributed by atoms with E-state index in [1.807, 2.05) is 0 Å². The van der Waals surface area contributed by atoms with Gasteiger partial charge in [-0.15, -0.1) is 0 Å². The molecule has 0 saturated heterocycles. The molecule has 5 nitrogen and oxygen atoms in total. The number of hydrogen-bond acceptors (Lipinski definition) is 3. The van der Waals surface area contributed by atoms with Crippen molar-refractivity contribution in [3.63, 3.8) is 0 Å². The molecule has 2 amide bonds. The summed E-state index contributed by atoms with van der Waals surface area (Å²) in [6, 6.07) is 12.6. The van der Waals surface area contributed by atoms with E-state index >= 15 is 0 Å². The molecule has 2 aromatic carbocycles. The quantitative estimate of drug-likeness (QED) is 0.645. The molecule has 2 N–H and O–H groups in total. The lowest BCUT2D eigenvalue weighted by Crippen LogP contribution is -2.43. The van der Waals surface area contributed by atoms with Crippen LogP contribution in [0.1, 0.15) is 5.56 Å². The molecular weight excluding hydrogens is 335 g/mol. The highest BCUT2D eigenvalue weighted by molar-refractivity contribution is 6.30. The van der Waals surface area contributed by atoms with Crippen molar-refractivity contribution in [1.82, 2.24) is 10.9 Å². The minimum atomic E-state index is -0.622. The molecule has 7 heteroatoms. The van der Waals surface area contributed by atoms with Crippen molar-refractivity contribution in [1.29, 1.82) is 0 Å². The Morgan fingerprint density at radius 3 is 2.67 bits per heavy atom. The third-order valence-electron chi connectivity index (χ3n) is 2.80. The van der Waals surface area contributed by atoms with Gasteiger partial charge in [0.15, 0.2) is 18.2 Å². The fourth-order valence-electron chi connectivity index (χ4n) is 1.70. The van der Waals surface area contributed by atoms with E-state index in [0.717, 1.165) is 5.56 Å². The molecule has 0 radical (unpaired) electrons. The fourth-order valence-corrected chi connectivity index (χ4v) is 1.90. The summed E-state index contributed by atoms with van der Waals surface area (Å²) in [5.74, 6) is -1.77. The van der Waals surface area contributed by atoms with Gasteiger partial charge in [-0.05, 0) is 35.9 Å². The van der Waals surface area contributed by atoms with Gasteiger partial charge in [-0.1, -0.05) is 35.9 Å². The SMILES string of the molecule is O=C(/C=C/c1cccc(Cl)c1)NNC(=O)COc1ccccc1F. The second kappa shape index (κ2) is 8.69. The molecule has 124 valence electrons. The van der Waals surface area contributed by atoms with Crippen molar-refractivity contribution in [2.45, 2.75) is 0 Å². The van der Waals surface area contributed by atoms with Crippen LogP contribution in [0.4, 0.5) is 4.39 Å². The standard InChI is InChI=1S/C17H14ClFN2O3/c18-13-5-3-4-12(10-13)8-9-16(22)20-21-17(23)11-24-15-7-2-1-6-14(15)19/h1-10H,11H2,(H,20,22)(H,21,23)/b9-8+. The van der Waals surface area contributed by atoms with Gasteiger partial charge in [-0.3, -0.25) is 20.4 Å². The van der Waals surface area contributed by atoms with Crippen molar-refractivity contribution in [3.05, 3.63) is 71.0 Å². The molecule has 0 aromatic heterocycles. The molecule has 2 aromatic rings. The van der Waals surface area contributed by atoms with Crippen LogP contribution in [0.5, 0.6) is 5.75 Å². The van der Waals surface area contributed by atoms with Crippen LogP contribution in [0.3, 0.4) is 0 Å². The van der Waals surface area contributed by atoms with Crippen LogP contribution < -0.4 is 15.6 Å². The number of halogens is 2. The van der Waals surface area contributed by atoms with Gasteiger partial charge in [0, 0.05) is 11.1 Å². The monoisotopic (exact) mass is 348 g/mol. The number of hydrogen-bond donors (Lipinski definition) is 2. The molecule has 0 heterocycles. The fraction of sp³-hybridized carbons (Fsp3) is 0.0588. The van der Waals surface area contributed by atoms with Gasteiger partial charge < -0.3 is 4.74 Å². The van der Waals surface area contributed by atoms with Crippen LogP contribution >= 0.6 is 11.6 Å². The highest BCUT2D eigenvalue weighted by atomic mass is 35.5. The van der Waals surface area contributed by atoms with Gasteiger partial charge >= 0.3 is 0 Å². The maximum absolute atomic E-state index is 13.3. The average Bonchev–Trinajstić information content (AvgIpc) is 2.57.